The van der Waals surface area contributed by atoms with Gasteiger partial charge in [-0.05, 0) is 52.7 Å². The van der Waals surface area contributed by atoms with Gasteiger partial charge in [-0.25, -0.2) is 5.43 Å². The zero-order chi connectivity index (χ0) is 18.5. The van der Waals surface area contributed by atoms with Crippen LogP contribution in [-0.4, -0.2) is 26.9 Å². The molecule has 0 aliphatic heterocycles. The smallest absolute Gasteiger partial charge is 0.266 e. The number of carbonyl (C=O) groups excluding carboxylic acids is 1. The third kappa shape index (κ3) is 4.86. The van der Waals surface area contributed by atoms with Gasteiger partial charge in [0.05, 0.1) is 22.9 Å². The van der Waals surface area contributed by atoms with Crippen LogP contribution in [0.25, 0.3) is 0 Å². The van der Waals surface area contributed by atoms with Crippen LogP contribution in [0.1, 0.15) is 27.4 Å². The van der Waals surface area contributed by atoms with Crippen molar-refractivity contribution < 1.29 is 4.79 Å². The maximum Gasteiger partial charge on any atom is 0.293 e. The Labute approximate surface area is 167 Å². The Morgan fingerprint density at radius 2 is 2.00 bits per heavy atom. The van der Waals surface area contributed by atoms with Crippen molar-refractivity contribution in [3.8, 4) is 0 Å². The molecular weight excluding hydrogens is 462 g/mol. The highest BCUT2D eigenvalue weighted by Crippen LogP contribution is 2.17. The minimum atomic E-state index is -0.393. The summed E-state index contributed by atoms with van der Waals surface area (Å²) in [6, 6.07) is 13.5. The number of nitrogens with one attached hydrogen (secondary N) is 1. The average Bonchev–Trinajstić information content (AvgIpc) is 2.97. The first-order valence-corrected chi connectivity index (χ1v) is 9.34. The van der Waals surface area contributed by atoms with Gasteiger partial charge < -0.3 is 0 Å². The number of amides is 1. The number of nitrogens with zero attached hydrogens (tertiary/aromatic N) is 4. The zero-order valence-corrected chi connectivity index (χ0v) is 17.0. The van der Waals surface area contributed by atoms with Crippen molar-refractivity contribution >= 4 is 44.0 Å². The van der Waals surface area contributed by atoms with Gasteiger partial charge in [-0.3, -0.25) is 14.5 Å². The van der Waals surface area contributed by atoms with E-state index in [2.05, 4.69) is 52.5 Å². The topological polar surface area (TPSA) is 72.2 Å². The van der Waals surface area contributed by atoms with Gasteiger partial charge in [0, 0.05) is 16.4 Å². The number of rotatable bonds is 5. The first-order chi connectivity index (χ1) is 12.5. The first-order valence-electron chi connectivity index (χ1n) is 7.76. The fraction of sp³-hybridized carbons (Fsp3) is 0.111. The van der Waals surface area contributed by atoms with Crippen LogP contribution in [0.5, 0.6) is 0 Å². The molecule has 0 aliphatic rings. The molecule has 0 bridgehead atoms. The summed E-state index contributed by atoms with van der Waals surface area (Å²) in [5.41, 5.74) is 5.38. The lowest BCUT2D eigenvalue weighted by molar-refractivity contribution is 0.0948. The number of aromatic nitrogens is 3. The van der Waals surface area contributed by atoms with Crippen LogP contribution in [0.4, 0.5) is 0 Å². The standard InChI is InChI=1S/C18H15Br2N5O/c1-12-3-2-4-15(22-12)9-21-23-18(26)17-16(20)11-25(24-17)10-13-5-7-14(19)8-6-13/h2-9,11H,10H2,1H3,(H,23,26). The molecule has 1 N–H and O–H groups in total. The molecule has 1 amide bonds. The van der Waals surface area contributed by atoms with E-state index < -0.39 is 5.91 Å². The molecule has 8 heteroatoms. The highest BCUT2D eigenvalue weighted by atomic mass is 79.9. The molecule has 3 rings (SSSR count). The lowest BCUT2D eigenvalue weighted by Crippen LogP contribution is -2.19. The van der Waals surface area contributed by atoms with Gasteiger partial charge in [-0.1, -0.05) is 34.1 Å². The molecule has 0 unspecified atom stereocenters. The summed E-state index contributed by atoms with van der Waals surface area (Å²) >= 11 is 6.78. The van der Waals surface area contributed by atoms with Crippen molar-refractivity contribution in [2.24, 2.45) is 5.10 Å². The lowest BCUT2D eigenvalue weighted by atomic mass is 10.2. The van der Waals surface area contributed by atoms with E-state index in [-0.39, 0.29) is 5.69 Å². The van der Waals surface area contributed by atoms with E-state index in [0.29, 0.717) is 16.7 Å². The summed E-state index contributed by atoms with van der Waals surface area (Å²) in [5.74, 6) is -0.393. The summed E-state index contributed by atoms with van der Waals surface area (Å²) in [5, 5.41) is 8.26. The molecule has 0 aliphatic carbocycles. The summed E-state index contributed by atoms with van der Waals surface area (Å²) in [4.78, 5) is 16.6. The predicted molar refractivity (Wildman–Crippen MR) is 107 cm³/mol. The Morgan fingerprint density at radius 1 is 1.23 bits per heavy atom. The van der Waals surface area contributed by atoms with Gasteiger partial charge >= 0.3 is 0 Å². The molecule has 2 heterocycles. The van der Waals surface area contributed by atoms with Crippen molar-refractivity contribution in [3.63, 3.8) is 0 Å². The van der Waals surface area contributed by atoms with Crippen LogP contribution < -0.4 is 5.43 Å². The molecule has 0 saturated heterocycles. The normalized spacial score (nSPS) is 11.0. The van der Waals surface area contributed by atoms with Crippen LogP contribution in [0.3, 0.4) is 0 Å². The van der Waals surface area contributed by atoms with Crippen LogP contribution in [-0.2, 0) is 6.54 Å². The lowest BCUT2D eigenvalue weighted by Gasteiger charge is -2.02. The molecule has 3 aromatic rings. The number of hydrazone groups is 1. The van der Waals surface area contributed by atoms with Crippen molar-refractivity contribution in [2.75, 3.05) is 0 Å². The number of pyridine rings is 1. The van der Waals surface area contributed by atoms with Crippen LogP contribution in [0.2, 0.25) is 0 Å². The highest BCUT2D eigenvalue weighted by molar-refractivity contribution is 9.10. The second-order valence-electron chi connectivity index (χ2n) is 5.55. The molecule has 0 saturated carbocycles. The van der Waals surface area contributed by atoms with E-state index in [1.54, 1.807) is 10.9 Å². The van der Waals surface area contributed by atoms with Gasteiger partial charge in [0.15, 0.2) is 5.69 Å². The second-order valence-corrected chi connectivity index (χ2v) is 7.32. The Morgan fingerprint density at radius 3 is 2.73 bits per heavy atom. The Kier molecular flexibility index (Phi) is 5.95. The number of halogens is 2. The van der Waals surface area contributed by atoms with Crippen LogP contribution >= 0.6 is 31.9 Å². The maximum absolute atomic E-state index is 12.3. The van der Waals surface area contributed by atoms with Crippen molar-refractivity contribution in [1.29, 1.82) is 0 Å². The number of hydrogen-bond donors (Lipinski definition) is 1. The molecule has 0 atom stereocenters. The number of benzene rings is 1. The van der Waals surface area contributed by atoms with E-state index in [1.165, 1.54) is 6.21 Å². The van der Waals surface area contributed by atoms with Crippen molar-refractivity contribution in [2.45, 2.75) is 13.5 Å². The van der Waals surface area contributed by atoms with E-state index in [9.17, 15) is 4.79 Å². The van der Waals surface area contributed by atoms with Gasteiger partial charge in [-0.15, -0.1) is 0 Å². The third-order valence-corrected chi connectivity index (χ3v) is 4.57. The Balaban J connectivity index is 1.66. The van der Waals surface area contributed by atoms with Gasteiger partial charge in [0.25, 0.3) is 5.91 Å². The van der Waals surface area contributed by atoms with Gasteiger partial charge in [-0.2, -0.15) is 10.2 Å². The van der Waals surface area contributed by atoms with Gasteiger partial charge in [0.2, 0.25) is 0 Å². The fourth-order valence-corrected chi connectivity index (χ4v) is 3.01. The number of carbonyl (C=O) groups is 1. The molecule has 26 heavy (non-hydrogen) atoms. The molecule has 132 valence electrons. The summed E-state index contributed by atoms with van der Waals surface area (Å²) in [7, 11) is 0. The molecule has 6 nitrogen and oxygen atoms in total. The third-order valence-electron chi connectivity index (χ3n) is 3.46. The van der Waals surface area contributed by atoms with Crippen LogP contribution in [0, 0.1) is 6.92 Å². The van der Waals surface area contributed by atoms with E-state index in [1.807, 2.05) is 49.4 Å². The quantitative estimate of drug-likeness (QED) is 0.448. The van der Waals surface area contributed by atoms with Crippen molar-refractivity contribution in [1.82, 2.24) is 20.2 Å². The predicted octanol–water partition coefficient (Wildman–Crippen LogP) is 3.92. The fourth-order valence-electron chi connectivity index (χ4n) is 2.25. The second kappa shape index (κ2) is 8.37. The monoisotopic (exact) mass is 475 g/mol. The van der Waals surface area contributed by atoms with Crippen LogP contribution in [0.15, 0.2) is 62.7 Å². The molecular formula is C18H15Br2N5O. The maximum atomic E-state index is 12.3. The van der Waals surface area contributed by atoms with E-state index in [0.717, 1.165) is 15.7 Å². The van der Waals surface area contributed by atoms with E-state index >= 15 is 0 Å². The highest BCUT2D eigenvalue weighted by Gasteiger charge is 2.14. The summed E-state index contributed by atoms with van der Waals surface area (Å²) < 4.78 is 3.33. The van der Waals surface area contributed by atoms with Gasteiger partial charge in [0.1, 0.15) is 0 Å². The first kappa shape index (κ1) is 18.5. The zero-order valence-electron chi connectivity index (χ0n) is 13.9. The Bertz CT molecular complexity index is 950. The number of aryl methyl sites for hydroxylation is 1. The summed E-state index contributed by atoms with van der Waals surface area (Å²) in [6.07, 6.45) is 3.26. The minimum Gasteiger partial charge on any atom is -0.266 e. The summed E-state index contributed by atoms with van der Waals surface area (Å²) in [6.45, 7) is 2.46. The SMILES string of the molecule is Cc1cccc(C=NNC(=O)c2nn(Cc3ccc(Br)cc3)cc2Br)n1. The molecule has 0 spiro atoms. The number of hydrogen-bond acceptors (Lipinski definition) is 4. The molecule has 0 fully saturated rings. The van der Waals surface area contributed by atoms with Crippen molar-refractivity contribution in [3.05, 3.63) is 80.3 Å². The average molecular weight is 477 g/mol. The Hall–Kier alpha value is -2.32. The minimum absolute atomic E-state index is 0.275. The largest absolute Gasteiger partial charge is 0.293 e. The van der Waals surface area contributed by atoms with E-state index in [4.69, 9.17) is 0 Å². The molecule has 0 radical (unpaired) electrons. The molecule has 2 aromatic heterocycles. The molecule has 1 aromatic carbocycles.